The molecule has 1 amide bonds. The third-order valence-electron chi connectivity index (χ3n) is 1.83. The highest BCUT2D eigenvalue weighted by Crippen LogP contribution is 2.24. The molecule has 3 heteroatoms. The summed E-state index contributed by atoms with van der Waals surface area (Å²) in [7, 11) is 0. The molecule has 0 bridgehead atoms. The molecule has 0 radical (unpaired) electrons. The molecule has 1 N–H and O–H groups in total. The summed E-state index contributed by atoms with van der Waals surface area (Å²) in [6, 6.07) is 0. The van der Waals surface area contributed by atoms with Gasteiger partial charge in [-0.3, -0.25) is 9.78 Å². The van der Waals surface area contributed by atoms with Gasteiger partial charge in [-0.1, -0.05) is 13.8 Å². The number of nitrogens with zero attached hydrogens (tertiary/aromatic N) is 1. The van der Waals surface area contributed by atoms with Crippen LogP contribution in [0.25, 0.3) is 0 Å². The lowest BCUT2D eigenvalue weighted by molar-refractivity contribution is -0.115. The SMILES string of the molecule is CC.Cc1cncc2c1NC(=O)C2. The van der Waals surface area contributed by atoms with E-state index in [9.17, 15) is 4.79 Å². The van der Waals surface area contributed by atoms with Gasteiger partial charge >= 0.3 is 0 Å². The molecule has 1 aromatic heterocycles. The number of aromatic nitrogens is 1. The van der Waals surface area contributed by atoms with Crippen molar-refractivity contribution in [1.82, 2.24) is 4.98 Å². The Kier molecular flexibility index (Phi) is 3.01. The lowest BCUT2D eigenvalue weighted by atomic mass is 10.2. The van der Waals surface area contributed by atoms with Crippen molar-refractivity contribution in [2.75, 3.05) is 5.32 Å². The largest absolute Gasteiger partial charge is 0.325 e. The molecular formula is C10H14N2O. The summed E-state index contributed by atoms with van der Waals surface area (Å²) < 4.78 is 0. The number of pyridine rings is 1. The third-order valence-corrected chi connectivity index (χ3v) is 1.83. The predicted octanol–water partition coefficient (Wildman–Crippen LogP) is 1.91. The van der Waals surface area contributed by atoms with Gasteiger partial charge in [0.2, 0.25) is 5.91 Å². The maximum Gasteiger partial charge on any atom is 0.228 e. The van der Waals surface area contributed by atoms with Gasteiger partial charge < -0.3 is 5.32 Å². The summed E-state index contributed by atoms with van der Waals surface area (Å²) in [5, 5.41) is 2.79. The van der Waals surface area contributed by atoms with Gasteiger partial charge in [0.25, 0.3) is 0 Å². The van der Waals surface area contributed by atoms with E-state index in [1.165, 1.54) is 0 Å². The van der Waals surface area contributed by atoms with Crippen LogP contribution in [0.2, 0.25) is 0 Å². The average molecular weight is 178 g/mol. The van der Waals surface area contributed by atoms with Gasteiger partial charge in [0.05, 0.1) is 12.1 Å². The first kappa shape index (κ1) is 9.71. The van der Waals surface area contributed by atoms with Crippen LogP contribution in [0.5, 0.6) is 0 Å². The van der Waals surface area contributed by atoms with E-state index in [2.05, 4.69) is 10.3 Å². The molecule has 0 aliphatic carbocycles. The first-order chi connectivity index (χ1) is 6.27. The quantitative estimate of drug-likeness (QED) is 0.659. The fourth-order valence-electron chi connectivity index (χ4n) is 1.29. The molecule has 0 unspecified atom stereocenters. The molecule has 0 atom stereocenters. The summed E-state index contributed by atoms with van der Waals surface area (Å²) >= 11 is 0. The summed E-state index contributed by atoms with van der Waals surface area (Å²) in [5.74, 6) is 0.0658. The number of fused-ring (bicyclic) bond motifs is 1. The van der Waals surface area contributed by atoms with Crippen LogP contribution < -0.4 is 5.32 Å². The van der Waals surface area contributed by atoms with E-state index in [4.69, 9.17) is 0 Å². The number of aryl methyl sites for hydroxylation is 1. The topological polar surface area (TPSA) is 42.0 Å². The predicted molar refractivity (Wildman–Crippen MR) is 52.7 cm³/mol. The minimum atomic E-state index is 0.0658. The van der Waals surface area contributed by atoms with Crippen LogP contribution in [0.3, 0.4) is 0 Å². The number of amides is 1. The van der Waals surface area contributed by atoms with E-state index < -0.39 is 0 Å². The molecule has 2 heterocycles. The second-order valence-electron chi connectivity index (χ2n) is 2.72. The van der Waals surface area contributed by atoms with Crippen molar-refractivity contribution in [2.24, 2.45) is 0 Å². The molecule has 1 aliphatic heterocycles. The second-order valence-corrected chi connectivity index (χ2v) is 2.72. The first-order valence-electron chi connectivity index (χ1n) is 4.50. The van der Waals surface area contributed by atoms with Crippen LogP contribution in [0.4, 0.5) is 5.69 Å². The van der Waals surface area contributed by atoms with E-state index >= 15 is 0 Å². The Labute approximate surface area is 78.2 Å². The van der Waals surface area contributed by atoms with Crippen LogP contribution in [-0.2, 0) is 11.2 Å². The summed E-state index contributed by atoms with van der Waals surface area (Å²) in [6.45, 7) is 5.94. The van der Waals surface area contributed by atoms with Gasteiger partial charge in [0, 0.05) is 18.0 Å². The monoisotopic (exact) mass is 178 g/mol. The van der Waals surface area contributed by atoms with Gasteiger partial charge in [-0.2, -0.15) is 0 Å². The zero-order valence-corrected chi connectivity index (χ0v) is 8.22. The van der Waals surface area contributed by atoms with E-state index in [-0.39, 0.29) is 5.91 Å². The minimum absolute atomic E-state index is 0.0658. The van der Waals surface area contributed by atoms with Crippen molar-refractivity contribution >= 4 is 11.6 Å². The van der Waals surface area contributed by atoms with Gasteiger partial charge in [0.15, 0.2) is 0 Å². The number of carbonyl (C=O) groups excluding carboxylic acids is 1. The molecule has 0 saturated carbocycles. The van der Waals surface area contributed by atoms with Crippen LogP contribution in [0.15, 0.2) is 12.4 Å². The van der Waals surface area contributed by atoms with Crippen LogP contribution in [-0.4, -0.2) is 10.9 Å². The Bertz CT molecular complexity index is 321. The molecule has 0 spiro atoms. The molecule has 0 fully saturated rings. The Hall–Kier alpha value is -1.38. The van der Waals surface area contributed by atoms with Crippen LogP contribution >= 0.6 is 0 Å². The lowest BCUT2D eigenvalue weighted by Crippen LogP contribution is -2.04. The Morgan fingerprint density at radius 2 is 2.08 bits per heavy atom. The number of hydrogen-bond acceptors (Lipinski definition) is 2. The van der Waals surface area contributed by atoms with Crippen molar-refractivity contribution in [3.05, 3.63) is 23.5 Å². The zero-order valence-electron chi connectivity index (χ0n) is 8.22. The fourth-order valence-corrected chi connectivity index (χ4v) is 1.29. The standard InChI is InChI=1S/C8H8N2O.C2H6/c1-5-3-9-4-6-2-7(11)10-8(5)6;1-2/h3-4H,2H2,1H3,(H,10,11);1-2H3. The maximum atomic E-state index is 10.9. The van der Waals surface area contributed by atoms with E-state index in [0.717, 1.165) is 16.8 Å². The first-order valence-corrected chi connectivity index (χ1v) is 4.50. The van der Waals surface area contributed by atoms with Crippen LogP contribution in [0, 0.1) is 6.92 Å². The number of rotatable bonds is 0. The smallest absolute Gasteiger partial charge is 0.228 e. The summed E-state index contributed by atoms with van der Waals surface area (Å²) in [4.78, 5) is 14.9. The highest BCUT2D eigenvalue weighted by Gasteiger charge is 2.18. The normalized spacial score (nSPS) is 12.7. The molecular weight excluding hydrogens is 164 g/mol. The van der Waals surface area contributed by atoms with Gasteiger partial charge in [-0.15, -0.1) is 0 Å². The number of nitrogens with one attached hydrogen (secondary N) is 1. The maximum absolute atomic E-state index is 10.9. The highest BCUT2D eigenvalue weighted by atomic mass is 16.1. The molecule has 2 rings (SSSR count). The van der Waals surface area contributed by atoms with Gasteiger partial charge in [-0.05, 0) is 12.5 Å². The summed E-state index contributed by atoms with van der Waals surface area (Å²) in [5.41, 5.74) is 2.99. The van der Waals surface area contributed by atoms with Gasteiger partial charge in [-0.25, -0.2) is 0 Å². The fraction of sp³-hybridized carbons (Fsp3) is 0.400. The molecule has 0 aromatic carbocycles. The molecule has 1 aliphatic rings. The second kappa shape index (κ2) is 4.03. The molecule has 3 nitrogen and oxygen atoms in total. The molecule has 13 heavy (non-hydrogen) atoms. The molecule has 1 aromatic rings. The van der Waals surface area contributed by atoms with E-state index in [1.807, 2.05) is 20.8 Å². The Morgan fingerprint density at radius 3 is 2.69 bits per heavy atom. The number of anilines is 1. The third kappa shape index (κ3) is 1.86. The van der Waals surface area contributed by atoms with Crippen molar-refractivity contribution in [2.45, 2.75) is 27.2 Å². The Morgan fingerprint density at radius 1 is 1.38 bits per heavy atom. The van der Waals surface area contributed by atoms with Crippen LogP contribution in [0.1, 0.15) is 25.0 Å². The zero-order chi connectivity index (χ0) is 9.84. The lowest BCUT2D eigenvalue weighted by Gasteiger charge is -1.99. The van der Waals surface area contributed by atoms with Crippen molar-refractivity contribution in [1.29, 1.82) is 0 Å². The van der Waals surface area contributed by atoms with Crippen molar-refractivity contribution in [3.63, 3.8) is 0 Å². The molecule has 0 saturated heterocycles. The van der Waals surface area contributed by atoms with Crippen molar-refractivity contribution < 1.29 is 4.79 Å². The van der Waals surface area contributed by atoms with Gasteiger partial charge in [0.1, 0.15) is 0 Å². The highest BCUT2D eigenvalue weighted by molar-refractivity contribution is 5.99. The average Bonchev–Trinajstić information content (AvgIpc) is 2.51. The van der Waals surface area contributed by atoms with E-state index in [0.29, 0.717) is 6.42 Å². The Balaban J connectivity index is 0.000000396. The van der Waals surface area contributed by atoms with Crippen molar-refractivity contribution in [3.8, 4) is 0 Å². The number of hydrogen-bond donors (Lipinski definition) is 1. The summed E-state index contributed by atoms with van der Waals surface area (Å²) in [6.07, 6.45) is 3.97. The minimum Gasteiger partial charge on any atom is -0.325 e. The van der Waals surface area contributed by atoms with E-state index in [1.54, 1.807) is 12.4 Å². The molecule has 70 valence electrons. The number of carbonyl (C=O) groups is 1.